The third kappa shape index (κ3) is 5.53. The summed E-state index contributed by atoms with van der Waals surface area (Å²) in [4.78, 5) is 28.9. The maximum atomic E-state index is 12.3. The Bertz CT molecular complexity index is 1010. The third-order valence-corrected chi connectivity index (χ3v) is 8.56. The Morgan fingerprint density at radius 1 is 1.19 bits per heavy atom. The van der Waals surface area contributed by atoms with Gasteiger partial charge in [-0.15, -0.1) is 0 Å². The molecule has 0 saturated carbocycles. The minimum Gasteiger partial charge on any atom is -0.490 e. The van der Waals surface area contributed by atoms with Crippen LogP contribution in [0.4, 0.5) is 5.69 Å². The van der Waals surface area contributed by atoms with Gasteiger partial charge in [-0.1, -0.05) is 11.8 Å². The summed E-state index contributed by atoms with van der Waals surface area (Å²) in [7, 11) is -3.22. The highest BCUT2D eigenvalue weighted by molar-refractivity contribution is 9.10. The molecule has 2 atom stereocenters. The summed E-state index contributed by atoms with van der Waals surface area (Å²) in [5.74, 6) is -0.676. The maximum Gasteiger partial charge on any atom is 0.303 e. The Labute approximate surface area is 193 Å². The van der Waals surface area contributed by atoms with Crippen LogP contribution in [0.2, 0.25) is 0 Å². The highest BCUT2D eigenvalue weighted by Crippen LogP contribution is 2.46. The molecule has 9 nitrogen and oxygen atoms in total. The molecule has 1 N–H and O–H groups in total. The van der Waals surface area contributed by atoms with Crippen LogP contribution in [0, 0.1) is 0 Å². The van der Waals surface area contributed by atoms with Crippen LogP contribution in [-0.4, -0.2) is 66.6 Å². The summed E-state index contributed by atoms with van der Waals surface area (Å²) < 4.78 is 36.5. The van der Waals surface area contributed by atoms with Crippen LogP contribution in [0.1, 0.15) is 26.7 Å². The molecule has 12 heteroatoms. The Morgan fingerprint density at radius 3 is 2.45 bits per heavy atom. The fraction of sp³-hybridized carbons (Fsp3) is 0.526. The lowest BCUT2D eigenvalue weighted by atomic mass is 10.2. The molecule has 0 unspecified atom stereocenters. The van der Waals surface area contributed by atoms with Gasteiger partial charge in [0.15, 0.2) is 26.5 Å². The number of aliphatic carboxylic acids is 1. The number of ether oxygens (including phenoxy) is 2. The predicted octanol–water partition coefficient (Wildman–Crippen LogP) is 2.71. The molecule has 2 saturated heterocycles. The van der Waals surface area contributed by atoms with Gasteiger partial charge >= 0.3 is 5.97 Å². The van der Waals surface area contributed by atoms with E-state index in [2.05, 4.69) is 20.9 Å². The molecule has 1 amide bonds. The highest BCUT2D eigenvalue weighted by atomic mass is 79.9. The molecule has 2 heterocycles. The Kier molecular flexibility index (Phi) is 7.53. The van der Waals surface area contributed by atoms with Crippen LogP contribution in [0.25, 0.3) is 0 Å². The van der Waals surface area contributed by atoms with Crippen molar-refractivity contribution in [3.8, 4) is 11.5 Å². The number of benzene rings is 1. The van der Waals surface area contributed by atoms with Gasteiger partial charge in [0.25, 0.3) is 0 Å². The lowest BCUT2D eigenvalue weighted by Crippen LogP contribution is -2.38. The summed E-state index contributed by atoms with van der Waals surface area (Å²) in [6.45, 7) is 4.55. The smallest absolute Gasteiger partial charge is 0.303 e. The van der Waals surface area contributed by atoms with E-state index in [9.17, 15) is 18.0 Å². The van der Waals surface area contributed by atoms with Crippen LogP contribution >= 0.6 is 27.7 Å². The van der Waals surface area contributed by atoms with E-state index in [4.69, 9.17) is 14.6 Å². The van der Waals surface area contributed by atoms with E-state index in [0.717, 1.165) is 0 Å². The minimum absolute atomic E-state index is 0.00582. The highest BCUT2D eigenvalue weighted by Gasteiger charge is 2.50. The van der Waals surface area contributed by atoms with E-state index in [1.165, 1.54) is 11.8 Å². The van der Waals surface area contributed by atoms with E-state index < -0.39 is 27.8 Å². The largest absolute Gasteiger partial charge is 0.490 e. The average Bonchev–Trinajstić information content (AvgIpc) is 3.13. The monoisotopic (exact) mass is 534 g/mol. The standard InChI is InChI=1S/C19H23BrN2O7S2/c1-3-28-14-7-11(20)12(8-15(14)29-4-2)22-13-9-31(26,27)10-16(13)30-19(22)21-17(23)5-6-18(24)25/h7-8,13,16H,3-6,9-10H2,1-2H3,(H,24,25)/t13-,16-/m1/s1. The van der Waals surface area contributed by atoms with Crippen molar-refractivity contribution in [3.05, 3.63) is 16.6 Å². The van der Waals surface area contributed by atoms with Gasteiger partial charge in [0.2, 0.25) is 5.91 Å². The van der Waals surface area contributed by atoms with Crippen LogP contribution in [0.15, 0.2) is 21.6 Å². The minimum atomic E-state index is -3.22. The molecule has 1 aromatic carbocycles. The van der Waals surface area contributed by atoms with Crippen molar-refractivity contribution in [2.45, 2.75) is 38.0 Å². The molecule has 0 aliphatic carbocycles. The lowest BCUT2D eigenvalue weighted by molar-refractivity contribution is -0.138. The number of carbonyl (C=O) groups is 2. The molecule has 2 aliphatic heterocycles. The summed E-state index contributed by atoms with van der Waals surface area (Å²) in [5, 5.41) is 8.90. The van der Waals surface area contributed by atoms with Gasteiger partial charge in [0, 0.05) is 28.3 Å². The van der Waals surface area contributed by atoms with Crippen LogP contribution in [0.5, 0.6) is 11.5 Å². The molecule has 0 aromatic heterocycles. The number of fused-ring (bicyclic) bond motifs is 1. The van der Waals surface area contributed by atoms with E-state index in [0.29, 0.717) is 40.0 Å². The Morgan fingerprint density at radius 2 is 1.84 bits per heavy atom. The van der Waals surface area contributed by atoms with Crippen molar-refractivity contribution in [3.63, 3.8) is 0 Å². The van der Waals surface area contributed by atoms with Gasteiger partial charge in [-0.05, 0) is 29.8 Å². The second-order valence-electron chi connectivity index (χ2n) is 6.97. The Hall–Kier alpha value is -1.79. The summed E-state index contributed by atoms with van der Waals surface area (Å²) in [6.07, 6.45) is -0.543. The molecule has 2 fully saturated rings. The first-order chi connectivity index (χ1) is 14.6. The van der Waals surface area contributed by atoms with E-state index in [1.807, 2.05) is 13.8 Å². The second-order valence-corrected chi connectivity index (χ2v) is 11.2. The SMILES string of the molecule is CCOc1cc(Br)c(N2C(=NC(=O)CCC(=O)O)S[C@@H]3CS(=O)(=O)C[C@H]32)cc1OCC. The molecular formula is C19H23BrN2O7S2. The fourth-order valence-electron chi connectivity index (χ4n) is 3.47. The molecule has 0 radical (unpaired) electrons. The number of thioether (sulfide) groups is 1. The van der Waals surface area contributed by atoms with Crippen molar-refractivity contribution in [1.29, 1.82) is 0 Å². The number of carbonyl (C=O) groups excluding carboxylic acids is 1. The van der Waals surface area contributed by atoms with E-state index in [-0.39, 0.29) is 29.6 Å². The number of anilines is 1. The van der Waals surface area contributed by atoms with Gasteiger partial charge in [-0.3, -0.25) is 9.59 Å². The molecule has 1 aromatic rings. The number of aliphatic imine (C=N–C) groups is 1. The molecule has 3 rings (SSSR count). The van der Waals surface area contributed by atoms with Crippen molar-refractivity contribution < 1.29 is 32.6 Å². The van der Waals surface area contributed by atoms with Crippen molar-refractivity contribution in [2.24, 2.45) is 4.99 Å². The number of carboxylic acid groups (broad SMARTS) is 1. The second kappa shape index (κ2) is 9.78. The zero-order chi connectivity index (χ0) is 22.8. The molecule has 0 bridgehead atoms. The average molecular weight is 535 g/mol. The van der Waals surface area contributed by atoms with E-state index >= 15 is 0 Å². The normalized spacial score (nSPS) is 23.1. The van der Waals surface area contributed by atoms with Crippen LogP contribution in [-0.2, 0) is 19.4 Å². The third-order valence-electron chi connectivity index (χ3n) is 4.71. The van der Waals surface area contributed by atoms with Gasteiger partial charge in [0.05, 0.1) is 42.9 Å². The zero-order valence-electron chi connectivity index (χ0n) is 17.0. The Balaban J connectivity index is 2.03. The van der Waals surface area contributed by atoms with Crippen molar-refractivity contribution >= 4 is 60.3 Å². The first-order valence-electron chi connectivity index (χ1n) is 9.74. The number of nitrogens with zero attached hydrogens (tertiary/aromatic N) is 2. The molecule has 2 aliphatic rings. The number of halogens is 1. The van der Waals surface area contributed by atoms with Crippen molar-refractivity contribution in [2.75, 3.05) is 29.6 Å². The molecule has 0 spiro atoms. The number of sulfone groups is 1. The molecule has 31 heavy (non-hydrogen) atoms. The summed E-state index contributed by atoms with van der Waals surface area (Å²) >= 11 is 4.76. The first-order valence-corrected chi connectivity index (χ1v) is 13.2. The topological polar surface area (TPSA) is 123 Å². The van der Waals surface area contributed by atoms with Gasteiger partial charge in [-0.25, -0.2) is 8.42 Å². The number of hydrogen-bond acceptors (Lipinski definition) is 7. The molecule has 170 valence electrons. The summed E-state index contributed by atoms with van der Waals surface area (Å²) in [5.41, 5.74) is 0.605. The number of rotatable bonds is 8. The molecular weight excluding hydrogens is 512 g/mol. The number of amides is 1. The maximum absolute atomic E-state index is 12.3. The lowest BCUT2D eigenvalue weighted by Gasteiger charge is -2.27. The number of carboxylic acids is 1. The zero-order valence-corrected chi connectivity index (χ0v) is 20.3. The van der Waals surface area contributed by atoms with Gasteiger partial charge < -0.3 is 19.5 Å². The van der Waals surface area contributed by atoms with E-state index in [1.54, 1.807) is 17.0 Å². The number of hydrogen-bond donors (Lipinski definition) is 1. The van der Waals surface area contributed by atoms with Gasteiger partial charge in [0.1, 0.15) is 0 Å². The fourth-order valence-corrected chi connectivity index (χ4v) is 7.91. The van der Waals surface area contributed by atoms with Gasteiger partial charge in [-0.2, -0.15) is 4.99 Å². The van der Waals surface area contributed by atoms with Crippen LogP contribution in [0.3, 0.4) is 0 Å². The van der Waals surface area contributed by atoms with Crippen LogP contribution < -0.4 is 14.4 Å². The van der Waals surface area contributed by atoms with Crippen molar-refractivity contribution in [1.82, 2.24) is 0 Å². The predicted molar refractivity (Wildman–Crippen MR) is 122 cm³/mol. The first kappa shape index (κ1) is 23.9. The number of amidine groups is 1. The quantitative estimate of drug-likeness (QED) is 0.535. The summed E-state index contributed by atoms with van der Waals surface area (Å²) in [6, 6.07) is 3.09.